The van der Waals surface area contributed by atoms with E-state index in [0.717, 1.165) is 49.2 Å². The maximum absolute atomic E-state index is 4.04. The van der Waals surface area contributed by atoms with Crippen LogP contribution in [0.1, 0.15) is 76.5 Å². The first-order valence-corrected chi connectivity index (χ1v) is 20.7. The lowest BCUT2D eigenvalue weighted by Gasteiger charge is -2.28. The van der Waals surface area contributed by atoms with Crippen LogP contribution in [0.2, 0.25) is 0 Å². The van der Waals surface area contributed by atoms with E-state index in [1.807, 2.05) is 18.2 Å². The molecular formula is C53H57NS. The number of anilines is 2. The first-order chi connectivity index (χ1) is 26.8. The molecule has 55 heavy (non-hydrogen) atoms. The highest BCUT2D eigenvalue weighted by Gasteiger charge is 2.17. The monoisotopic (exact) mass is 739 g/mol. The molecule has 3 aromatic rings. The van der Waals surface area contributed by atoms with Crippen molar-refractivity contribution in [2.24, 2.45) is 0 Å². The summed E-state index contributed by atoms with van der Waals surface area (Å²) < 4.78 is 0. The predicted molar refractivity (Wildman–Crippen MR) is 248 cm³/mol. The Balaban J connectivity index is 1.64. The van der Waals surface area contributed by atoms with Gasteiger partial charge in [-0.15, -0.1) is 18.3 Å². The van der Waals surface area contributed by atoms with E-state index in [9.17, 15) is 0 Å². The van der Waals surface area contributed by atoms with E-state index in [1.54, 1.807) is 11.8 Å². The summed E-state index contributed by atoms with van der Waals surface area (Å²) in [6, 6.07) is 25.1. The second kappa shape index (κ2) is 20.4. The second-order valence-corrected chi connectivity index (χ2v) is 15.1. The highest BCUT2D eigenvalue weighted by molar-refractivity contribution is 8.02. The molecule has 0 bridgehead atoms. The molecular weight excluding hydrogens is 683 g/mol. The minimum Gasteiger partial charge on any atom is -0.314 e. The van der Waals surface area contributed by atoms with Crippen molar-refractivity contribution < 1.29 is 0 Å². The van der Waals surface area contributed by atoms with Gasteiger partial charge in [0.2, 0.25) is 0 Å². The fourth-order valence-electron chi connectivity index (χ4n) is 6.96. The third-order valence-corrected chi connectivity index (χ3v) is 11.2. The Hall–Kier alpha value is -5.31. The Morgan fingerprint density at radius 3 is 1.96 bits per heavy atom. The van der Waals surface area contributed by atoms with Crippen molar-refractivity contribution in [1.29, 1.82) is 0 Å². The van der Waals surface area contributed by atoms with E-state index >= 15 is 0 Å². The van der Waals surface area contributed by atoms with Gasteiger partial charge in [-0.1, -0.05) is 128 Å². The molecule has 0 unspecified atom stereocenters. The van der Waals surface area contributed by atoms with E-state index in [1.165, 1.54) is 66.2 Å². The van der Waals surface area contributed by atoms with Crippen LogP contribution in [-0.2, 0) is 0 Å². The third-order valence-electron chi connectivity index (χ3n) is 10.3. The van der Waals surface area contributed by atoms with Crippen molar-refractivity contribution in [1.82, 2.24) is 0 Å². The summed E-state index contributed by atoms with van der Waals surface area (Å²) in [5.74, 6) is 0. The van der Waals surface area contributed by atoms with Gasteiger partial charge in [0.25, 0.3) is 0 Å². The van der Waals surface area contributed by atoms with Crippen LogP contribution < -0.4 is 4.90 Å². The second-order valence-electron chi connectivity index (χ2n) is 14.2. The summed E-state index contributed by atoms with van der Waals surface area (Å²) in [5.41, 5.74) is 17.3. The van der Waals surface area contributed by atoms with Crippen LogP contribution in [0.3, 0.4) is 0 Å². The number of hydrogen-bond donors (Lipinski definition) is 0. The van der Waals surface area contributed by atoms with Gasteiger partial charge >= 0.3 is 0 Å². The summed E-state index contributed by atoms with van der Waals surface area (Å²) in [7, 11) is 0. The topological polar surface area (TPSA) is 3.24 Å². The van der Waals surface area contributed by atoms with Gasteiger partial charge in [-0.2, -0.15) is 0 Å². The molecule has 0 saturated carbocycles. The molecule has 0 amide bonds. The molecule has 0 aliphatic heterocycles. The predicted octanol–water partition coefficient (Wildman–Crippen LogP) is 15.9. The zero-order chi connectivity index (χ0) is 39.2. The van der Waals surface area contributed by atoms with Crippen molar-refractivity contribution in [3.63, 3.8) is 0 Å². The Morgan fingerprint density at radius 2 is 1.38 bits per heavy atom. The summed E-state index contributed by atoms with van der Waals surface area (Å²) in [5, 5.41) is 0. The molecule has 0 N–H and O–H groups in total. The highest BCUT2D eigenvalue weighted by atomic mass is 32.2. The van der Waals surface area contributed by atoms with Crippen molar-refractivity contribution in [2.75, 3.05) is 11.2 Å². The number of rotatable bonds is 15. The van der Waals surface area contributed by atoms with E-state index in [-0.39, 0.29) is 0 Å². The van der Waals surface area contributed by atoms with Crippen LogP contribution in [-0.4, -0.2) is 6.26 Å². The number of benzene rings is 3. The van der Waals surface area contributed by atoms with Crippen molar-refractivity contribution >= 4 is 34.3 Å². The minimum absolute atomic E-state index is 0.819. The number of hydrogen-bond acceptors (Lipinski definition) is 2. The lowest BCUT2D eigenvalue weighted by Crippen LogP contribution is -2.15. The van der Waals surface area contributed by atoms with Crippen LogP contribution in [0.4, 0.5) is 11.4 Å². The summed E-state index contributed by atoms with van der Waals surface area (Å²) in [4.78, 5) is 3.71. The highest BCUT2D eigenvalue weighted by Crippen LogP contribution is 2.38. The zero-order valence-corrected chi connectivity index (χ0v) is 34.6. The fraction of sp³-hybridized carbons (Fsp3) is 0.208. The Morgan fingerprint density at radius 1 is 0.745 bits per heavy atom. The quantitative estimate of drug-likeness (QED) is 0.113. The summed E-state index contributed by atoms with van der Waals surface area (Å²) in [6.07, 6.45) is 37.6. The van der Waals surface area contributed by atoms with Gasteiger partial charge in [0.1, 0.15) is 0 Å². The molecule has 3 aromatic carbocycles. The smallest absolute Gasteiger partial charge is 0.0470 e. The first-order valence-electron chi connectivity index (χ1n) is 19.5. The normalized spacial score (nSPS) is 15.8. The average molecular weight is 740 g/mol. The van der Waals surface area contributed by atoms with Gasteiger partial charge < -0.3 is 4.90 Å². The largest absolute Gasteiger partial charge is 0.314 e. The van der Waals surface area contributed by atoms with Crippen LogP contribution in [0.25, 0.3) is 22.3 Å². The molecule has 0 saturated heterocycles. The van der Waals surface area contributed by atoms with E-state index in [0.29, 0.717) is 0 Å². The molecule has 280 valence electrons. The van der Waals surface area contributed by atoms with Gasteiger partial charge in [0.15, 0.2) is 0 Å². The molecule has 0 aromatic heterocycles. The van der Waals surface area contributed by atoms with Gasteiger partial charge in [-0.25, -0.2) is 0 Å². The molecule has 2 aliphatic rings. The van der Waals surface area contributed by atoms with Gasteiger partial charge in [-0.05, 0) is 170 Å². The molecule has 0 atom stereocenters. The standard InChI is InChI=1S/C53H57NS/c1-9-12-20-43(11-3)52(53(55-8)19-10-2)35-41(6)40(5)27-28-42(7)54(50-33-31-46(32-34-50)44-21-15-13-16-22-44)51-37-48(45-23-17-14-18-24-45)36-49(38-51)47-29-25-39(4)26-30-47/h9-15,17,20-21,23,25-38H,1-2,16,18-19,22,24H2,3-8H3/b20-12-,40-27+,41-35+,42-28+,43-11+,53-52+. The Labute approximate surface area is 336 Å². The first kappa shape index (κ1) is 40.9. The number of nitrogens with zero attached hydrogens (tertiary/aromatic N) is 1. The fourth-order valence-corrected chi connectivity index (χ4v) is 7.64. The molecule has 0 radical (unpaired) electrons. The maximum Gasteiger partial charge on any atom is 0.0470 e. The van der Waals surface area contributed by atoms with Crippen LogP contribution in [0.5, 0.6) is 0 Å². The van der Waals surface area contributed by atoms with Crippen molar-refractivity contribution in [2.45, 2.75) is 66.7 Å². The molecule has 2 heteroatoms. The van der Waals surface area contributed by atoms with Gasteiger partial charge in [-0.3, -0.25) is 0 Å². The zero-order valence-electron chi connectivity index (χ0n) is 33.7. The van der Waals surface area contributed by atoms with Gasteiger partial charge in [0, 0.05) is 17.1 Å². The van der Waals surface area contributed by atoms with Crippen molar-refractivity contribution in [3.05, 3.63) is 215 Å². The van der Waals surface area contributed by atoms with Gasteiger partial charge in [0.05, 0.1) is 0 Å². The van der Waals surface area contributed by atoms with E-state index in [4.69, 9.17) is 0 Å². The van der Waals surface area contributed by atoms with Crippen molar-refractivity contribution in [3.8, 4) is 11.1 Å². The Bertz CT molecular complexity index is 2160. The Kier molecular flexibility index (Phi) is 15.2. The number of thioether (sulfide) groups is 1. The van der Waals surface area contributed by atoms with Crippen LogP contribution in [0, 0.1) is 6.92 Å². The third kappa shape index (κ3) is 10.9. The molecule has 0 fully saturated rings. The molecule has 0 spiro atoms. The molecule has 5 rings (SSSR count). The van der Waals surface area contributed by atoms with E-state index < -0.39 is 0 Å². The molecule has 1 nitrogen and oxygen atoms in total. The van der Waals surface area contributed by atoms with Crippen LogP contribution in [0.15, 0.2) is 198 Å². The lowest BCUT2D eigenvalue weighted by atomic mass is 9.93. The van der Waals surface area contributed by atoms with E-state index in [2.05, 4.69) is 192 Å². The average Bonchev–Trinajstić information content (AvgIpc) is 3.22. The summed E-state index contributed by atoms with van der Waals surface area (Å²) in [6.45, 7) is 18.8. The SMILES string of the molecule is C=C\C=C/C(=C\C)C(/C=C(C)/C(C)=C/C=C(\C)N(c1ccc(C2=CC=CCC2)cc1)c1cc(C2=CC=CCC2)cc(-c2ccc(C)cc2)c1)=C(\CC=C)SC. The van der Waals surface area contributed by atoms with Crippen LogP contribution >= 0.6 is 11.8 Å². The molecule has 0 heterocycles. The lowest BCUT2D eigenvalue weighted by molar-refractivity contribution is 1.05. The maximum atomic E-state index is 4.04. The summed E-state index contributed by atoms with van der Waals surface area (Å²) >= 11 is 1.78. The number of allylic oxidation sites excluding steroid dienone is 22. The molecule has 2 aliphatic carbocycles. The minimum atomic E-state index is 0.819. The number of aryl methyl sites for hydroxylation is 1.